The number of rotatable bonds is 5. The Hall–Kier alpha value is -2.85. The molecule has 1 aliphatic rings. The highest BCUT2D eigenvalue weighted by Gasteiger charge is 2.23. The number of aromatic amines is 1. The lowest BCUT2D eigenvalue weighted by Gasteiger charge is -2.33. The standard InChI is InChI=1S/C27H28ClN3O/c1-18-7-4-5-16-31(18)26(32)11-6-9-21-22-17-20(28)13-15-24(22)30-27(21)25-14-12-19-8-2-3-10-23(19)29-25/h2-3,8,10,12-15,17-18,30H,4-7,9,11,16H2,1H3. The molecule has 4 nitrogen and oxygen atoms in total. The summed E-state index contributed by atoms with van der Waals surface area (Å²) in [6, 6.07) is 18.6. The Morgan fingerprint density at radius 3 is 2.91 bits per heavy atom. The normalized spacial score (nSPS) is 16.7. The van der Waals surface area contributed by atoms with E-state index < -0.39 is 0 Å². The third kappa shape index (κ3) is 4.12. The zero-order valence-corrected chi connectivity index (χ0v) is 19.2. The van der Waals surface area contributed by atoms with Crippen LogP contribution in [-0.4, -0.2) is 33.4 Å². The average Bonchev–Trinajstić information content (AvgIpc) is 3.16. The van der Waals surface area contributed by atoms with Gasteiger partial charge in [-0.25, -0.2) is 4.98 Å². The monoisotopic (exact) mass is 445 g/mol. The first kappa shape index (κ1) is 21.0. The molecule has 1 N–H and O–H groups in total. The van der Waals surface area contributed by atoms with Gasteiger partial charge in [0.25, 0.3) is 0 Å². The minimum absolute atomic E-state index is 0.278. The van der Waals surface area contributed by atoms with Gasteiger partial charge < -0.3 is 9.88 Å². The number of hydrogen-bond acceptors (Lipinski definition) is 2. The van der Waals surface area contributed by atoms with Gasteiger partial charge in [-0.1, -0.05) is 35.9 Å². The van der Waals surface area contributed by atoms with E-state index in [1.807, 2.05) is 36.4 Å². The molecule has 4 aromatic rings. The summed E-state index contributed by atoms with van der Waals surface area (Å²) in [6.45, 7) is 3.07. The Labute approximate surface area is 193 Å². The number of likely N-dealkylation sites (tertiary alicyclic amines) is 1. The molecule has 3 heterocycles. The van der Waals surface area contributed by atoms with Crippen molar-refractivity contribution in [3.63, 3.8) is 0 Å². The third-order valence-corrected chi connectivity index (χ3v) is 6.90. The summed E-state index contributed by atoms with van der Waals surface area (Å²) in [5.41, 5.74) is 5.14. The van der Waals surface area contributed by atoms with Crippen LogP contribution in [0, 0.1) is 0 Å². The van der Waals surface area contributed by atoms with E-state index >= 15 is 0 Å². The van der Waals surface area contributed by atoms with Crippen LogP contribution in [0.4, 0.5) is 0 Å². The minimum Gasteiger partial charge on any atom is -0.353 e. The molecule has 1 aliphatic heterocycles. The van der Waals surface area contributed by atoms with E-state index in [4.69, 9.17) is 16.6 Å². The van der Waals surface area contributed by atoms with Crippen LogP contribution in [0.1, 0.15) is 44.6 Å². The molecule has 1 unspecified atom stereocenters. The first-order chi connectivity index (χ1) is 15.6. The SMILES string of the molecule is CC1CCCCN1C(=O)CCCc1c(-c2ccc3ccccc3n2)[nH]c2ccc(Cl)cc12. The number of aryl methyl sites for hydroxylation is 1. The first-order valence-electron chi connectivity index (χ1n) is 11.6. The van der Waals surface area contributed by atoms with Crippen molar-refractivity contribution in [1.82, 2.24) is 14.9 Å². The largest absolute Gasteiger partial charge is 0.353 e. The maximum absolute atomic E-state index is 12.8. The zero-order valence-electron chi connectivity index (χ0n) is 18.4. The topological polar surface area (TPSA) is 49.0 Å². The molecule has 1 amide bonds. The number of carbonyl (C=O) groups is 1. The number of benzene rings is 2. The van der Waals surface area contributed by atoms with E-state index in [1.54, 1.807) is 0 Å². The van der Waals surface area contributed by atoms with Crippen LogP contribution in [0.2, 0.25) is 5.02 Å². The average molecular weight is 446 g/mol. The number of para-hydroxylation sites is 1. The molecule has 1 saturated heterocycles. The molecule has 0 bridgehead atoms. The van der Waals surface area contributed by atoms with E-state index in [-0.39, 0.29) is 5.91 Å². The molecule has 2 aromatic carbocycles. The number of fused-ring (bicyclic) bond motifs is 2. The van der Waals surface area contributed by atoms with Gasteiger partial charge >= 0.3 is 0 Å². The van der Waals surface area contributed by atoms with Gasteiger partial charge in [0.15, 0.2) is 0 Å². The van der Waals surface area contributed by atoms with Crippen molar-refractivity contribution in [2.75, 3.05) is 6.54 Å². The van der Waals surface area contributed by atoms with Crippen molar-refractivity contribution in [2.45, 2.75) is 51.5 Å². The summed E-state index contributed by atoms with van der Waals surface area (Å²) in [7, 11) is 0. The Balaban J connectivity index is 1.44. The van der Waals surface area contributed by atoms with Gasteiger partial charge in [-0.2, -0.15) is 0 Å². The Kier molecular flexibility index (Phi) is 5.88. The number of hydrogen-bond donors (Lipinski definition) is 1. The van der Waals surface area contributed by atoms with E-state index in [0.29, 0.717) is 17.5 Å². The molecule has 0 radical (unpaired) electrons. The predicted octanol–water partition coefficient (Wildman–Crippen LogP) is 6.76. The summed E-state index contributed by atoms with van der Waals surface area (Å²) in [4.78, 5) is 23.4. The second kappa shape index (κ2) is 8.95. The second-order valence-corrected chi connectivity index (χ2v) is 9.28. The van der Waals surface area contributed by atoms with Crippen molar-refractivity contribution >= 4 is 39.3 Å². The van der Waals surface area contributed by atoms with Crippen molar-refractivity contribution in [1.29, 1.82) is 0 Å². The van der Waals surface area contributed by atoms with Gasteiger partial charge in [-0.3, -0.25) is 4.79 Å². The Morgan fingerprint density at radius 1 is 1.16 bits per heavy atom. The van der Waals surface area contributed by atoms with Crippen LogP contribution in [-0.2, 0) is 11.2 Å². The summed E-state index contributed by atoms with van der Waals surface area (Å²) < 4.78 is 0. The van der Waals surface area contributed by atoms with Crippen molar-refractivity contribution in [3.05, 3.63) is 65.2 Å². The summed E-state index contributed by atoms with van der Waals surface area (Å²) in [6.07, 6.45) is 5.64. The maximum atomic E-state index is 12.8. The number of H-pyrrole nitrogens is 1. The molecule has 0 aliphatic carbocycles. The number of aromatic nitrogens is 2. The van der Waals surface area contributed by atoms with Crippen LogP contribution < -0.4 is 0 Å². The highest BCUT2D eigenvalue weighted by molar-refractivity contribution is 6.31. The van der Waals surface area contributed by atoms with Crippen LogP contribution >= 0.6 is 11.6 Å². The maximum Gasteiger partial charge on any atom is 0.222 e. The lowest BCUT2D eigenvalue weighted by Crippen LogP contribution is -2.41. The van der Waals surface area contributed by atoms with Crippen molar-refractivity contribution < 1.29 is 4.79 Å². The lowest BCUT2D eigenvalue weighted by atomic mass is 10.00. The van der Waals surface area contributed by atoms with Crippen LogP contribution in [0.5, 0.6) is 0 Å². The number of nitrogens with one attached hydrogen (secondary N) is 1. The number of nitrogens with zero attached hydrogens (tertiary/aromatic N) is 2. The molecule has 164 valence electrons. The van der Waals surface area contributed by atoms with Gasteiger partial charge in [0.2, 0.25) is 5.91 Å². The molecule has 5 heteroatoms. The van der Waals surface area contributed by atoms with E-state index in [1.165, 1.54) is 12.0 Å². The number of halogens is 1. The van der Waals surface area contributed by atoms with Gasteiger partial charge in [-0.05, 0) is 74.9 Å². The lowest BCUT2D eigenvalue weighted by molar-refractivity contribution is -0.134. The van der Waals surface area contributed by atoms with E-state index in [0.717, 1.165) is 65.4 Å². The number of piperidine rings is 1. The van der Waals surface area contributed by atoms with Crippen molar-refractivity contribution in [2.24, 2.45) is 0 Å². The molecular formula is C27H28ClN3O. The van der Waals surface area contributed by atoms with Crippen molar-refractivity contribution in [3.8, 4) is 11.4 Å². The highest BCUT2D eigenvalue weighted by atomic mass is 35.5. The van der Waals surface area contributed by atoms with E-state index in [2.05, 4.69) is 35.0 Å². The fourth-order valence-corrected chi connectivity index (χ4v) is 5.10. The molecule has 2 aromatic heterocycles. The fraction of sp³-hybridized carbons (Fsp3) is 0.333. The fourth-order valence-electron chi connectivity index (χ4n) is 4.93. The third-order valence-electron chi connectivity index (χ3n) is 6.66. The van der Waals surface area contributed by atoms with Gasteiger partial charge in [-0.15, -0.1) is 0 Å². The van der Waals surface area contributed by atoms with Gasteiger partial charge in [0.05, 0.1) is 16.9 Å². The Morgan fingerprint density at radius 2 is 2.03 bits per heavy atom. The summed E-state index contributed by atoms with van der Waals surface area (Å²) in [5.74, 6) is 0.278. The highest BCUT2D eigenvalue weighted by Crippen LogP contribution is 2.33. The molecule has 0 spiro atoms. The Bertz CT molecular complexity index is 1280. The summed E-state index contributed by atoms with van der Waals surface area (Å²) in [5, 5.41) is 2.95. The minimum atomic E-state index is 0.278. The van der Waals surface area contributed by atoms with E-state index in [9.17, 15) is 4.79 Å². The molecule has 5 rings (SSSR count). The number of carbonyl (C=O) groups excluding carboxylic acids is 1. The molecule has 0 saturated carbocycles. The molecule has 1 fully saturated rings. The van der Waals surface area contributed by atoms with Crippen LogP contribution in [0.3, 0.4) is 0 Å². The van der Waals surface area contributed by atoms with Crippen LogP contribution in [0.15, 0.2) is 54.6 Å². The second-order valence-electron chi connectivity index (χ2n) is 8.84. The smallest absolute Gasteiger partial charge is 0.222 e. The van der Waals surface area contributed by atoms with Crippen LogP contribution in [0.25, 0.3) is 33.2 Å². The predicted molar refractivity (Wildman–Crippen MR) is 132 cm³/mol. The van der Waals surface area contributed by atoms with Gasteiger partial charge in [0.1, 0.15) is 0 Å². The zero-order chi connectivity index (χ0) is 22.1. The number of amides is 1. The quantitative estimate of drug-likeness (QED) is 0.369. The number of pyridine rings is 1. The molecular weight excluding hydrogens is 418 g/mol. The molecule has 1 atom stereocenters. The molecule has 32 heavy (non-hydrogen) atoms. The first-order valence-corrected chi connectivity index (χ1v) is 11.9. The van der Waals surface area contributed by atoms with Gasteiger partial charge in [0, 0.05) is 40.3 Å². The summed E-state index contributed by atoms with van der Waals surface area (Å²) >= 11 is 6.34.